The van der Waals surface area contributed by atoms with Gasteiger partial charge in [0.1, 0.15) is 5.82 Å². The molecule has 1 aromatic heterocycles. The van der Waals surface area contributed by atoms with E-state index in [0.717, 1.165) is 32.2 Å². The molecular weight excluding hydrogens is 275 g/mol. The number of aromatic nitrogens is 1. The van der Waals surface area contributed by atoms with E-state index in [0.29, 0.717) is 15.9 Å². The molecular formula is C12H16Cl2N2O2. The third-order valence-corrected chi connectivity index (χ3v) is 2.91. The van der Waals surface area contributed by atoms with Gasteiger partial charge in [0.2, 0.25) is 0 Å². The van der Waals surface area contributed by atoms with Gasteiger partial charge in [-0.1, -0.05) is 36.0 Å². The Balaban J connectivity index is 2.12. The molecule has 1 rings (SSSR count). The van der Waals surface area contributed by atoms with Crippen LogP contribution in [0.3, 0.4) is 0 Å². The summed E-state index contributed by atoms with van der Waals surface area (Å²) in [5.74, 6) is -0.100. The van der Waals surface area contributed by atoms with Crippen LogP contribution < -0.4 is 5.32 Å². The molecule has 0 radical (unpaired) electrons. The number of anilines is 1. The van der Waals surface area contributed by atoms with E-state index in [1.54, 1.807) is 12.3 Å². The Morgan fingerprint density at radius 3 is 2.67 bits per heavy atom. The van der Waals surface area contributed by atoms with Gasteiger partial charge in [-0.05, 0) is 18.9 Å². The Kier molecular flexibility index (Phi) is 6.83. The number of carbonyl (C=O) groups is 1. The average molecular weight is 291 g/mol. The van der Waals surface area contributed by atoms with Crippen molar-refractivity contribution in [3.8, 4) is 0 Å². The lowest BCUT2D eigenvalue weighted by Crippen LogP contribution is -2.04. The summed E-state index contributed by atoms with van der Waals surface area (Å²) in [7, 11) is 0. The fourth-order valence-electron chi connectivity index (χ4n) is 1.51. The van der Waals surface area contributed by atoms with E-state index < -0.39 is 5.97 Å². The zero-order valence-corrected chi connectivity index (χ0v) is 11.5. The van der Waals surface area contributed by atoms with Crippen molar-refractivity contribution in [3.05, 3.63) is 22.3 Å². The highest BCUT2D eigenvalue weighted by atomic mass is 35.5. The van der Waals surface area contributed by atoms with Crippen LogP contribution >= 0.6 is 23.2 Å². The summed E-state index contributed by atoms with van der Waals surface area (Å²) in [6.45, 7) is 0.765. The first-order valence-electron chi connectivity index (χ1n) is 5.86. The Labute approximate surface area is 116 Å². The Morgan fingerprint density at radius 1 is 1.28 bits per heavy atom. The Hall–Kier alpha value is -1.000. The van der Waals surface area contributed by atoms with Crippen LogP contribution in [0.1, 0.15) is 32.1 Å². The van der Waals surface area contributed by atoms with Gasteiger partial charge in [0.05, 0.1) is 10.0 Å². The van der Waals surface area contributed by atoms with Crippen LogP contribution in [0.5, 0.6) is 0 Å². The van der Waals surface area contributed by atoms with Crippen LogP contribution in [-0.2, 0) is 4.79 Å². The van der Waals surface area contributed by atoms with E-state index in [2.05, 4.69) is 10.3 Å². The van der Waals surface area contributed by atoms with Crippen LogP contribution in [0.25, 0.3) is 0 Å². The van der Waals surface area contributed by atoms with Crippen molar-refractivity contribution in [1.82, 2.24) is 4.98 Å². The number of pyridine rings is 1. The molecule has 1 heterocycles. The highest BCUT2D eigenvalue weighted by molar-refractivity contribution is 6.35. The lowest BCUT2D eigenvalue weighted by atomic mass is 10.1. The summed E-state index contributed by atoms with van der Waals surface area (Å²) in [6.07, 6.45) is 5.40. The second-order valence-electron chi connectivity index (χ2n) is 3.97. The summed E-state index contributed by atoms with van der Waals surface area (Å²) in [6, 6.07) is 1.64. The molecule has 6 heteroatoms. The minimum absolute atomic E-state index is 0.248. The van der Waals surface area contributed by atoms with Crippen LogP contribution in [-0.4, -0.2) is 22.6 Å². The van der Waals surface area contributed by atoms with Crippen LogP contribution in [0.15, 0.2) is 12.3 Å². The molecule has 18 heavy (non-hydrogen) atoms. The second-order valence-corrected chi connectivity index (χ2v) is 4.81. The molecule has 100 valence electrons. The first kappa shape index (κ1) is 15.1. The third kappa shape index (κ3) is 6.07. The van der Waals surface area contributed by atoms with Crippen LogP contribution in [0.4, 0.5) is 5.82 Å². The molecule has 4 nitrogen and oxygen atoms in total. The maximum Gasteiger partial charge on any atom is 0.303 e. The van der Waals surface area contributed by atoms with Gasteiger partial charge in [0.15, 0.2) is 0 Å². The SMILES string of the molecule is O=C(O)CCCCCCNc1ncc(Cl)cc1Cl. The van der Waals surface area contributed by atoms with Crippen LogP contribution in [0.2, 0.25) is 10.0 Å². The molecule has 0 saturated carbocycles. The minimum Gasteiger partial charge on any atom is -0.481 e. The van der Waals surface area contributed by atoms with Gasteiger partial charge < -0.3 is 10.4 Å². The summed E-state index contributed by atoms with van der Waals surface area (Å²) in [5, 5.41) is 12.6. The molecule has 0 fully saturated rings. The van der Waals surface area contributed by atoms with Gasteiger partial charge in [-0.2, -0.15) is 0 Å². The van der Waals surface area contributed by atoms with Crippen molar-refractivity contribution in [3.63, 3.8) is 0 Å². The number of hydrogen-bond acceptors (Lipinski definition) is 3. The molecule has 2 N–H and O–H groups in total. The molecule has 0 spiro atoms. The quantitative estimate of drug-likeness (QED) is 0.714. The predicted octanol–water partition coefficient (Wildman–Crippen LogP) is 3.84. The fraction of sp³-hybridized carbons (Fsp3) is 0.500. The molecule has 1 aromatic rings. The maximum absolute atomic E-state index is 10.3. The Morgan fingerprint density at radius 2 is 2.00 bits per heavy atom. The van der Waals surface area contributed by atoms with E-state index in [4.69, 9.17) is 28.3 Å². The fourth-order valence-corrected chi connectivity index (χ4v) is 1.95. The Bertz CT molecular complexity index is 400. The number of aliphatic carboxylic acids is 1. The van der Waals surface area contributed by atoms with Gasteiger partial charge in [0.25, 0.3) is 0 Å². The molecule has 0 aliphatic carbocycles. The average Bonchev–Trinajstić information content (AvgIpc) is 2.30. The second kappa shape index (κ2) is 8.16. The summed E-state index contributed by atoms with van der Waals surface area (Å²) < 4.78 is 0. The maximum atomic E-state index is 10.3. The third-order valence-electron chi connectivity index (χ3n) is 2.42. The van der Waals surface area contributed by atoms with Crippen molar-refractivity contribution in [2.45, 2.75) is 32.1 Å². The minimum atomic E-state index is -0.731. The summed E-state index contributed by atoms with van der Waals surface area (Å²) in [5.41, 5.74) is 0. The number of hydrogen-bond donors (Lipinski definition) is 2. The van der Waals surface area contributed by atoms with E-state index in [-0.39, 0.29) is 6.42 Å². The zero-order chi connectivity index (χ0) is 13.4. The standard InChI is InChI=1S/C12H16Cl2N2O2/c13-9-7-10(14)12(16-8-9)15-6-4-2-1-3-5-11(17)18/h7-8H,1-6H2,(H,15,16)(H,17,18). The van der Waals surface area contributed by atoms with Crippen molar-refractivity contribution in [2.75, 3.05) is 11.9 Å². The predicted molar refractivity (Wildman–Crippen MR) is 73.5 cm³/mol. The van der Waals surface area contributed by atoms with E-state index in [1.165, 1.54) is 0 Å². The first-order chi connectivity index (χ1) is 8.59. The lowest BCUT2D eigenvalue weighted by Gasteiger charge is -2.07. The zero-order valence-electron chi connectivity index (χ0n) is 9.96. The topological polar surface area (TPSA) is 62.2 Å². The smallest absolute Gasteiger partial charge is 0.303 e. The molecule has 0 aliphatic heterocycles. The normalized spacial score (nSPS) is 10.3. The van der Waals surface area contributed by atoms with E-state index in [1.807, 2.05) is 0 Å². The van der Waals surface area contributed by atoms with Gasteiger partial charge in [-0.15, -0.1) is 0 Å². The summed E-state index contributed by atoms with van der Waals surface area (Å²) >= 11 is 11.7. The van der Waals surface area contributed by atoms with Crippen molar-refractivity contribution >= 4 is 35.0 Å². The summed E-state index contributed by atoms with van der Waals surface area (Å²) in [4.78, 5) is 14.4. The monoisotopic (exact) mass is 290 g/mol. The van der Waals surface area contributed by atoms with Crippen molar-refractivity contribution in [2.24, 2.45) is 0 Å². The number of carboxylic acid groups (broad SMARTS) is 1. The number of nitrogens with one attached hydrogen (secondary N) is 1. The van der Waals surface area contributed by atoms with Gasteiger partial charge in [0, 0.05) is 19.2 Å². The number of nitrogens with zero attached hydrogens (tertiary/aromatic N) is 1. The molecule has 0 amide bonds. The van der Waals surface area contributed by atoms with Gasteiger partial charge in [-0.25, -0.2) is 4.98 Å². The largest absolute Gasteiger partial charge is 0.481 e. The van der Waals surface area contributed by atoms with Crippen molar-refractivity contribution in [1.29, 1.82) is 0 Å². The molecule has 0 aliphatic rings. The molecule has 0 saturated heterocycles. The first-order valence-corrected chi connectivity index (χ1v) is 6.62. The highest BCUT2D eigenvalue weighted by Crippen LogP contribution is 2.22. The molecule has 0 bridgehead atoms. The van der Waals surface area contributed by atoms with Crippen LogP contribution in [0, 0.1) is 0 Å². The number of halogens is 2. The highest BCUT2D eigenvalue weighted by Gasteiger charge is 2.02. The van der Waals surface area contributed by atoms with Gasteiger partial charge >= 0.3 is 5.97 Å². The van der Waals surface area contributed by atoms with Crippen molar-refractivity contribution < 1.29 is 9.90 Å². The lowest BCUT2D eigenvalue weighted by molar-refractivity contribution is -0.137. The number of unbranched alkanes of at least 4 members (excludes halogenated alkanes) is 3. The molecule has 0 aromatic carbocycles. The molecule has 0 unspecified atom stereocenters. The van der Waals surface area contributed by atoms with E-state index in [9.17, 15) is 4.79 Å². The molecule has 0 atom stereocenters. The number of rotatable bonds is 8. The van der Waals surface area contributed by atoms with Gasteiger partial charge in [-0.3, -0.25) is 4.79 Å². The number of carboxylic acids is 1. The van der Waals surface area contributed by atoms with E-state index >= 15 is 0 Å².